The molecule has 1 aromatic carbocycles. The van der Waals surface area contributed by atoms with Gasteiger partial charge in [0.1, 0.15) is 22.3 Å². The van der Waals surface area contributed by atoms with Gasteiger partial charge in [0.25, 0.3) is 5.91 Å². The SMILES string of the molecule is CC(C)(C)OC(=O)NCc1cc(Cl)nc(C(=O)NCc2ccc(Cl)c(F)c2)c1. The van der Waals surface area contributed by atoms with Crippen molar-refractivity contribution < 1.29 is 18.7 Å². The summed E-state index contributed by atoms with van der Waals surface area (Å²) in [5.74, 6) is -1.05. The van der Waals surface area contributed by atoms with Crippen molar-refractivity contribution in [3.63, 3.8) is 0 Å². The highest BCUT2D eigenvalue weighted by Gasteiger charge is 2.16. The van der Waals surface area contributed by atoms with E-state index in [2.05, 4.69) is 15.6 Å². The Kier molecular flexibility index (Phi) is 7.21. The van der Waals surface area contributed by atoms with E-state index in [0.29, 0.717) is 11.1 Å². The lowest BCUT2D eigenvalue weighted by Crippen LogP contribution is -2.32. The number of alkyl carbamates (subject to hydrolysis) is 1. The monoisotopic (exact) mass is 427 g/mol. The van der Waals surface area contributed by atoms with Crippen LogP contribution in [0.25, 0.3) is 0 Å². The molecule has 28 heavy (non-hydrogen) atoms. The molecule has 2 N–H and O–H groups in total. The molecular weight excluding hydrogens is 408 g/mol. The predicted molar refractivity (Wildman–Crippen MR) is 105 cm³/mol. The summed E-state index contributed by atoms with van der Waals surface area (Å²) in [6, 6.07) is 7.29. The molecular formula is C19H20Cl2FN3O3. The summed E-state index contributed by atoms with van der Waals surface area (Å²) in [7, 11) is 0. The van der Waals surface area contributed by atoms with Gasteiger partial charge in [-0.25, -0.2) is 14.2 Å². The molecule has 0 saturated carbocycles. The van der Waals surface area contributed by atoms with E-state index in [-0.39, 0.29) is 29.0 Å². The summed E-state index contributed by atoms with van der Waals surface area (Å²) in [6.45, 7) is 5.47. The van der Waals surface area contributed by atoms with E-state index in [1.807, 2.05) is 0 Å². The van der Waals surface area contributed by atoms with Crippen LogP contribution in [0.1, 0.15) is 42.4 Å². The van der Waals surface area contributed by atoms with Crippen LogP contribution >= 0.6 is 23.2 Å². The topological polar surface area (TPSA) is 80.3 Å². The number of nitrogens with one attached hydrogen (secondary N) is 2. The van der Waals surface area contributed by atoms with Crippen LogP contribution in [-0.2, 0) is 17.8 Å². The Balaban J connectivity index is 2.00. The molecule has 2 rings (SSSR count). The maximum atomic E-state index is 13.5. The van der Waals surface area contributed by atoms with Crippen LogP contribution in [0.5, 0.6) is 0 Å². The van der Waals surface area contributed by atoms with E-state index in [4.69, 9.17) is 27.9 Å². The average molecular weight is 428 g/mol. The first-order valence-electron chi connectivity index (χ1n) is 8.39. The average Bonchev–Trinajstić information content (AvgIpc) is 2.59. The van der Waals surface area contributed by atoms with Gasteiger partial charge in [0.15, 0.2) is 0 Å². The van der Waals surface area contributed by atoms with Gasteiger partial charge in [0, 0.05) is 13.1 Å². The van der Waals surface area contributed by atoms with Crippen molar-refractivity contribution in [3.05, 3.63) is 63.1 Å². The normalized spacial score (nSPS) is 11.1. The number of pyridine rings is 1. The van der Waals surface area contributed by atoms with Crippen molar-refractivity contribution in [2.24, 2.45) is 0 Å². The van der Waals surface area contributed by atoms with Gasteiger partial charge in [0.05, 0.1) is 5.02 Å². The van der Waals surface area contributed by atoms with Crippen molar-refractivity contribution in [1.29, 1.82) is 0 Å². The molecule has 0 aliphatic rings. The highest BCUT2D eigenvalue weighted by molar-refractivity contribution is 6.30. The maximum Gasteiger partial charge on any atom is 0.407 e. The highest BCUT2D eigenvalue weighted by Crippen LogP contribution is 2.16. The van der Waals surface area contributed by atoms with E-state index >= 15 is 0 Å². The summed E-state index contributed by atoms with van der Waals surface area (Å²) in [5, 5.41) is 5.33. The second-order valence-corrected chi connectivity index (χ2v) is 7.76. The number of carbonyl (C=O) groups is 2. The van der Waals surface area contributed by atoms with Crippen LogP contribution in [0, 0.1) is 5.82 Å². The number of amides is 2. The smallest absolute Gasteiger partial charge is 0.407 e. The molecule has 0 aliphatic carbocycles. The maximum absolute atomic E-state index is 13.5. The number of hydrogen-bond donors (Lipinski definition) is 2. The Morgan fingerprint density at radius 3 is 2.39 bits per heavy atom. The summed E-state index contributed by atoms with van der Waals surface area (Å²) >= 11 is 11.6. The third kappa shape index (κ3) is 6.98. The second-order valence-electron chi connectivity index (χ2n) is 6.97. The van der Waals surface area contributed by atoms with E-state index < -0.39 is 23.4 Å². The first kappa shape index (κ1) is 21.9. The van der Waals surface area contributed by atoms with Crippen LogP contribution in [0.4, 0.5) is 9.18 Å². The first-order chi connectivity index (χ1) is 13.0. The van der Waals surface area contributed by atoms with E-state index in [1.54, 1.807) is 26.8 Å². The van der Waals surface area contributed by atoms with Gasteiger partial charge >= 0.3 is 6.09 Å². The Bertz CT molecular complexity index is 885. The lowest BCUT2D eigenvalue weighted by molar-refractivity contribution is 0.0523. The molecule has 0 bridgehead atoms. The molecule has 0 radical (unpaired) electrons. The molecule has 0 aliphatic heterocycles. The van der Waals surface area contributed by atoms with Crippen LogP contribution in [-0.4, -0.2) is 22.6 Å². The van der Waals surface area contributed by atoms with Gasteiger partial charge in [0.2, 0.25) is 0 Å². The van der Waals surface area contributed by atoms with Gasteiger partial charge in [-0.1, -0.05) is 29.3 Å². The largest absolute Gasteiger partial charge is 0.444 e. The van der Waals surface area contributed by atoms with Gasteiger partial charge in [-0.2, -0.15) is 0 Å². The van der Waals surface area contributed by atoms with E-state index in [9.17, 15) is 14.0 Å². The van der Waals surface area contributed by atoms with Crippen LogP contribution in [0.15, 0.2) is 30.3 Å². The minimum absolute atomic E-state index is 0.00807. The van der Waals surface area contributed by atoms with Gasteiger partial charge < -0.3 is 15.4 Å². The quantitative estimate of drug-likeness (QED) is 0.689. The summed E-state index contributed by atoms with van der Waals surface area (Å²) < 4.78 is 18.6. The number of nitrogens with zero attached hydrogens (tertiary/aromatic N) is 1. The van der Waals surface area contributed by atoms with Crippen molar-refractivity contribution in [3.8, 4) is 0 Å². The molecule has 9 heteroatoms. The molecule has 0 atom stereocenters. The van der Waals surface area contributed by atoms with Crippen molar-refractivity contribution in [2.75, 3.05) is 0 Å². The molecule has 2 amide bonds. The van der Waals surface area contributed by atoms with Gasteiger partial charge in [-0.15, -0.1) is 0 Å². The summed E-state index contributed by atoms with van der Waals surface area (Å²) in [5.41, 5.74) is 0.576. The summed E-state index contributed by atoms with van der Waals surface area (Å²) in [6.07, 6.45) is -0.587. The Morgan fingerprint density at radius 1 is 1.07 bits per heavy atom. The van der Waals surface area contributed by atoms with Crippen LogP contribution < -0.4 is 10.6 Å². The molecule has 0 fully saturated rings. The fraction of sp³-hybridized carbons (Fsp3) is 0.316. The van der Waals surface area contributed by atoms with Crippen LogP contribution in [0.2, 0.25) is 10.2 Å². The van der Waals surface area contributed by atoms with Crippen molar-refractivity contribution >= 4 is 35.2 Å². The van der Waals surface area contributed by atoms with E-state index in [1.165, 1.54) is 24.3 Å². The molecule has 0 unspecified atom stereocenters. The predicted octanol–water partition coefficient (Wildman–Crippen LogP) is 4.48. The zero-order valence-corrected chi connectivity index (χ0v) is 17.1. The number of carbonyl (C=O) groups excluding carboxylic acids is 2. The molecule has 0 spiro atoms. The lowest BCUT2D eigenvalue weighted by Gasteiger charge is -2.19. The summed E-state index contributed by atoms with van der Waals surface area (Å²) in [4.78, 5) is 28.1. The molecule has 1 aromatic heterocycles. The Hall–Kier alpha value is -2.38. The van der Waals surface area contributed by atoms with Gasteiger partial charge in [-0.3, -0.25) is 4.79 Å². The number of hydrogen-bond acceptors (Lipinski definition) is 4. The Morgan fingerprint density at radius 2 is 1.75 bits per heavy atom. The molecule has 6 nitrogen and oxygen atoms in total. The third-order valence-electron chi connectivity index (χ3n) is 3.36. The number of rotatable bonds is 5. The lowest BCUT2D eigenvalue weighted by atomic mass is 10.2. The number of ether oxygens (including phenoxy) is 1. The third-order valence-corrected chi connectivity index (χ3v) is 3.86. The zero-order chi connectivity index (χ0) is 20.9. The molecule has 1 heterocycles. The fourth-order valence-electron chi connectivity index (χ4n) is 2.18. The molecule has 0 saturated heterocycles. The standard InChI is InChI=1S/C19H20Cl2FN3O3/c1-19(2,3)28-18(27)24-10-12-7-15(25-16(21)8-12)17(26)23-9-11-4-5-13(20)14(22)6-11/h4-8H,9-10H2,1-3H3,(H,23,26)(H,24,27). The second kappa shape index (κ2) is 9.21. The van der Waals surface area contributed by atoms with Gasteiger partial charge in [-0.05, 0) is 56.2 Å². The minimum atomic E-state index is -0.619. The minimum Gasteiger partial charge on any atom is -0.444 e. The van der Waals surface area contributed by atoms with Crippen molar-refractivity contribution in [1.82, 2.24) is 15.6 Å². The molecule has 150 valence electrons. The highest BCUT2D eigenvalue weighted by atomic mass is 35.5. The zero-order valence-electron chi connectivity index (χ0n) is 15.6. The number of benzene rings is 1. The number of aromatic nitrogens is 1. The first-order valence-corrected chi connectivity index (χ1v) is 9.14. The fourth-order valence-corrected chi connectivity index (χ4v) is 2.53. The Labute approximate surface area is 172 Å². The molecule has 2 aromatic rings. The number of halogens is 3. The van der Waals surface area contributed by atoms with Crippen LogP contribution in [0.3, 0.4) is 0 Å². The van der Waals surface area contributed by atoms with Crippen molar-refractivity contribution in [2.45, 2.75) is 39.5 Å². The van der Waals surface area contributed by atoms with E-state index in [0.717, 1.165) is 0 Å².